The second-order valence-electron chi connectivity index (χ2n) is 9.30. The molecular weight excluding hydrogens is 374 g/mol. The number of nitrogens with one attached hydrogen (secondary N) is 1. The molecule has 0 bridgehead atoms. The lowest BCUT2D eigenvalue weighted by Crippen LogP contribution is -2.48. The average Bonchev–Trinajstić information content (AvgIpc) is 2.74. The highest BCUT2D eigenvalue weighted by atomic mass is 16.2. The van der Waals surface area contributed by atoms with Crippen LogP contribution in [-0.2, 0) is 4.79 Å². The SMILES string of the molecule is CCN(C(=O)c1ccccc1N1CCC(NC(=O)C2CCC2)CC1)C1CCCCC1. The summed E-state index contributed by atoms with van der Waals surface area (Å²) in [4.78, 5) is 30.2. The highest BCUT2D eigenvalue weighted by Gasteiger charge is 2.30. The molecule has 30 heavy (non-hydrogen) atoms. The predicted octanol–water partition coefficient (Wildman–Crippen LogP) is 4.37. The molecule has 1 heterocycles. The molecular formula is C25H37N3O2. The number of hydrogen-bond acceptors (Lipinski definition) is 3. The molecule has 164 valence electrons. The van der Waals surface area contributed by atoms with Crippen LogP contribution in [0.3, 0.4) is 0 Å². The molecule has 4 rings (SSSR count). The maximum Gasteiger partial charge on any atom is 0.256 e. The van der Waals surface area contributed by atoms with Crippen molar-refractivity contribution in [2.75, 3.05) is 24.5 Å². The van der Waals surface area contributed by atoms with Gasteiger partial charge < -0.3 is 15.1 Å². The van der Waals surface area contributed by atoms with Crippen LogP contribution in [0.5, 0.6) is 0 Å². The van der Waals surface area contributed by atoms with Crippen molar-refractivity contribution in [2.45, 2.75) is 83.2 Å². The van der Waals surface area contributed by atoms with E-state index in [0.29, 0.717) is 6.04 Å². The van der Waals surface area contributed by atoms with E-state index in [1.807, 2.05) is 18.2 Å². The van der Waals surface area contributed by atoms with Crippen LogP contribution < -0.4 is 10.2 Å². The van der Waals surface area contributed by atoms with Crippen molar-refractivity contribution in [3.8, 4) is 0 Å². The van der Waals surface area contributed by atoms with E-state index in [-0.39, 0.29) is 23.8 Å². The fraction of sp³-hybridized carbons (Fsp3) is 0.680. The molecule has 0 spiro atoms. The summed E-state index contributed by atoms with van der Waals surface area (Å²) in [5.41, 5.74) is 1.89. The number of nitrogens with zero attached hydrogens (tertiary/aromatic N) is 2. The van der Waals surface area contributed by atoms with Crippen LogP contribution in [0.4, 0.5) is 5.69 Å². The fourth-order valence-electron chi connectivity index (χ4n) is 5.30. The van der Waals surface area contributed by atoms with E-state index in [2.05, 4.69) is 28.1 Å². The summed E-state index contributed by atoms with van der Waals surface area (Å²) in [5.74, 6) is 0.683. The minimum atomic E-state index is 0.181. The third-order valence-electron chi connectivity index (χ3n) is 7.41. The summed E-state index contributed by atoms with van der Waals surface area (Å²) in [7, 11) is 0. The van der Waals surface area contributed by atoms with Gasteiger partial charge >= 0.3 is 0 Å². The number of amides is 2. The number of anilines is 1. The van der Waals surface area contributed by atoms with Gasteiger partial charge in [-0.3, -0.25) is 9.59 Å². The molecule has 1 aromatic rings. The summed E-state index contributed by atoms with van der Waals surface area (Å²) in [6.45, 7) is 4.64. The Morgan fingerprint density at radius 1 is 0.967 bits per heavy atom. The lowest BCUT2D eigenvalue weighted by molar-refractivity contribution is -0.128. The van der Waals surface area contributed by atoms with Crippen LogP contribution >= 0.6 is 0 Å². The smallest absolute Gasteiger partial charge is 0.256 e. The van der Waals surface area contributed by atoms with Gasteiger partial charge in [0, 0.05) is 43.3 Å². The summed E-state index contributed by atoms with van der Waals surface area (Å²) in [6.07, 6.45) is 11.2. The Labute approximate surface area is 181 Å². The Hall–Kier alpha value is -2.04. The van der Waals surface area contributed by atoms with Gasteiger partial charge in [0.05, 0.1) is 5.56 Å². The van der Waals surface area contributed by atoms with Gasteiger partial charge in [0.15, 0.2) is 0 Å². The number of benzene rings is 1. The van der Waals surface area contributed by atoms with Crippen molar-refractivity contribution in [1.82, 2.24) is 10.2 Å². The third-order valence-corrected chi connectivity index (χ3v) is 7.41. The quantitative estimate of drug-likeness (QED) is 0.756. The Balaban J connectivity index is 1.40. The number of para-hydroxylation sites is 1. The second-order valence-corrected chi connectivity index (χ2v) is 9.30. The van der Waals surface area contributed by atoms with Crippen LogP contribution in [-0.4, -0.2) is 48.4 Å². The molecule has 5 nitrogen and oxygen atoms in total. The first-order valence-electron chi connectivity index (χ1n) is 12.1. The Bertz CT molecular complexity index is 732. The Morgan fingerprint density at radius 2 is 1.67 bits per heavy atom. The topological polar surface area (TPSA) is 52.7 Å². The van der Waals surface area contributed by atoms with Gasteiger partial charge in [-0.1, -0.05) is 37.8 Å². The monoisotopic (exact) mass is 411 g/mol. The Morgan fingerprint density at radius 3 is 2.30 bits per heavy atom. The highest BCUT2D eigenvalue weighted by Crippen LogP contribution is 2.30. The molecule has 3 aliphatic rings. The number of carbonyl (C=O) groups is 2. The highest BCUT2D eigenvalue weighted by molar-refractivity contribution is 6.00. The lowest BCUT2D eigenvalue weighted by Gasteiger charge is -2.37. The Kier molecular flexibility index (Phi) is 6.96. The maximum atomic E-state index is 13.5. The van der Waals surface area contributed by atoms with Crippen molar-refractivity contribution in [3.63, 3.8) is 0 Å². The van der Waals surface area contributed by atoms with Gasteiger partial charge in [0.2, 0.25) is 5.91 Å². The molecule has 1 aliphatic heterocycles. The molecule has 5 heteroatoms. The van der Waals surface area contributed by atoms with E-state index in [0.717, 1.165) is 69.4 Å². The maximum absolute atomic E-state index is 13.5. The van der Waals surface area contributed by atoms with Crippen LogP contribution in [0.2, 0.25) is 0 Å². The van der Waals surface area contributed by atoms with Gasteiger partial charge in [0.25, 0.3) is 5.91 Å². The first kappa shape index (κ1) is 21.2. The molecule has 2 amide bonds. The largest absolute Gasteiger partial charge is 0.371 e. The molecule has 0 aromatic heterocycles. The molecule has 3 fully saturated rings. The van der Waals surface area contributed by atoms with Crippen molar-refractivity contribution < 1.29 is 9.59 Å². The van der Waals surface area contributed by atoms with Gasteiger partial charge in [-0.2, -0.15) is 0 Å². The zero-order valence-electron chi connectivity index (χ0n) is 18.4. The molecule has 1 aromatic carbocycles. The van der Waals surface area contributed by atoms with E-state index >= 15 is 0 Å². The van der Waals surface area contributed by atoms with Gasteiger partial charge in [-0.25, -0.2) is 0 Å². The van der Waals surface area contributed by atoms with Crippen molar-refractivity contribution in [2.24, 2.45) is 5.92 Å². The molecule has 2 aliphatic carbocycles. The van der Waals surface area contributed by atoms with Gasteiger partial charge in [0.1, 0.15) is 0 Å². The zero-order chi connectivity index (χ0) is 20.9. The van der Waals surface area contributed by atoms with Crippen molar-refractivity contribution in [3.05, 3.63) is 29.8 Å². The third kappa shape index (κ3) is 4.65. The van der Waals surface area contributed by atoms with E-state index in [9.17, 15) is 9.59 Å². The van der Waals surface area contributed by atoms with Crippen LogP contribution in [0.15, 0.2) is 24.3 Å². The van der Waals surface area contributed by atoms with Crippen LogP contribution in [0, 0.1) is 5.92 Å². The second kappa shape index (κ2) is 9.84. The molecule has 1 N–H and O–H groups in total. The van der Waals surface area contributed by atoms with Gasteiger partial charge in [-0.05, 0) is 57.6 Å². The number of carbonyl (C=O) groups excluding carboxylic acids is 2. The van der Waals surface area contributed by atoms with E-state index in [1.165, 1.54) is 25.7 Å². The molecule has 1 saturated heterocycles. The summed E-state index contributed by atoms with van der Waals surface area (Å²) < 4.78 is 0. The van der Waals surface area contributed by atoms with Crippen molar-refractivity contribution >= 4 is 17.5 Å². The van der Waals surface area contributed by atoms with Gasteiger partial charge in [-0.15, -0.1) is 0 Å². The molecule has 2 saturated carbocycles. The van der Waals surface area contributed by atoms with Crippen LogP contribution in [0.1, 0.15) is 81.5 Å². The number of piperidine rings is 1. The van der Waals surface area contributed by atoms with Crippen LogP contribution in [0.25, 0.3) is 0 Å². The summed E-state index contributed by atoms with van der Waals surface area (Å²) in [6, 6.07) is 8.76. The summed E-state index contributed by atoms with van der Waals surface area (Å²) >= 11 is 0. The first-order valence-corrected chi connectivity index (χ1v) is 12.1. The lowest BCUT2D eigenvalue weighted by atomic mass is 9.84. The average molecular weight is 412 g/mol. The first-order chi connectivity index (χ1) is 14.7. The zero-order valence-corrected chi connectivity index (χ0v) is 18.4. The van der Waals surface area contributed by atoms with E-state index in [4.69, 9.17) is 0 Å². The standard InChI is InChI=1S/C25H37N3O2/c1-2-28(21-11-4-3-5-12-21)25(30)22-13-6-7-14-23(22)27-17-15-20(16-18-27)26-24(29)19-9-8-10-19/h6-7,13-14,19-21H,2-5,8-12,15-18H2,1H3,(H,26,29). The normalized spacial score (nSPS) is 21.2. The fourth-order valence-corrected chi connectivity index (χ4v) is 5.30. The predicted molar refractivity (Wildman–Crippen MR) is 121 cm³/mol. The summed E-state index contributed by atoms with van der Waals surface area (Å²) in [5, 5.41) is 3.26. The number of hydrogen-bond donors (Lipinski definition) is 1. The molecule has 0 radical (unpaired) electrons. The number of rotatable bonds is 6. The minimum absolute atomic E-state index is 0.181. The molecule has 0 atom stereocenters. The minimum Gasteiger partial charge on any atom is -0.371 e. The van der Waals surface area contributed by atoms with E-state index in [1.54, 1.807) is 0 Å². The molecule has 0 unspecified atom stereocenters. The van der Waals surface area contributed by atoms with E-state index < -0.39 is 0 Å². The van der Waals surface area contributed by atoms with Crippen molar-refractivity contribution in [1.29, 1.82) is 0 Å².